The van der Waals surface area contributed by atoms with Crippen molar-refractivity contribution in [3.8, 4) is 5.75 Å². The molecule has 2 aromatic carbocycles. The first kappa shape index (κ1) is 18.7. The fourth-order valence-electron chi connectivity index (χ4n) is 1.88. The predicted molar refractivity (Wildman–Crippen MR) is 93.9 cm³/mol. The number of methoxy groups -OCH3 is 1. The van der Waals surface area contributed by atoms with Crippen molar-refractivity contribution >= 4 is 35.0 Å². The number of ether oxygens (including phenoxy) is 1. The van der Waals surface area contributed by atoms with Crippen LogP contribution in [0, 0.1) is 11.6 Å². The second-order valence-corrected chi connectivity index (χ2v) is 5.93. The Bertz CT molecular complexity index is 754. The zero-order valence-corrected chi connectivity index (χ0v) is 14.2. The number of hydrogen-bond donors (Lipinski definition) is 2. The molecular formula is C17H16F2N2O3S. The van der Waals surface area contributed by atoms with Crippen LogP contribution in [-0.2, 0) is 9.59 Å². The maximum Gasteiger partial charge on any atom is 0.234 e. The number of hydrogen-bond acceptors (Lipinski definition) is 4. The second-order valence-electron chi connectivity index (χ2n) is 4.95. The maximum absolute atomic E-state index is 13.0. The average molecular weight is 366 g/mol. The number of anilines is 2. The molecule has 8 heteroatoms. The molecule has 0 saturated heterocycles. The van der Waals surface area contributed by atoms with Crippen molar-refractivity contribution in [3.05, 3.63) is 54.1 Å². The normalized spacial score (nSPS) is 10.2. The summed E-state index contributed by atoms with van der Waals surface area (Å²) in [7, 11) is 1.55. The van der Waals surface area contributed by atoms with Gasteiger partial charge in [0.2, 0.25) is 11.8 Å². The summed E-state index contributed by atoms with van der Waals surface area (Å²) in [5.74, 6) is -1.91. The van der Waals surface area contributed by atoms with E-state index in [2.05, 4.69) is 10.6 Å². The molecule has 25 heavy (non-hydrogen) atoms. The molecule has 0 fully saturated rings. The van der Waals surface area contributed by atoms with Crippen molar-refractivity contribution in [3.63, 3.8) is 0 Å². The van der Waals surface area contributed by atoms with Crippen molar-refractivity contribution in [1.29, 1.82) is 0 Å². The summed E-state index contributed by atoms with van der Waals surface area (Å²) in [4.78, 5) is 23.5. The summed E-state index contributed by atoms with van der Waals surface area (Å²) < 4.78 is 30.9. The highest BCUT2D eigenvalue weighted by molar-refractivity contribution is 8.00. The molecule has 132 valence electrons. The fraction of sp³-hybridized carbons (Fsp3) is 0.176. The number of rotatable bonds is 7. The van der Waals surface area contributed by atoms with Gasteiger partial charge in [0.1, 0.15) is 5.75 Å². The number of benzene rings is 2. The van der Waals surface area contributed by atoms with Crippen LogP contribution in [0.3, 0.4) is 0 Å². The van der Waals surface area contributed by atoms with Gasteiger partial charge in [-0.2, -0.15) is 0 Å². The lowest BCUT2D eigenvalue weighted by atomic mass is 10.3. The zero-order chi connectivity index (χ0) is 18.2. The van der Waals surface area contributed by atoms with Crippen LogP contribution < -0.4 is 15.4 Å². The lowest BCUT2D eigenvalue weighted by Crippen LogP contribution is -2.18. The highest BCUT2D eigenvalue weighted by Gasteiger charge is 2.08. The van der Waals surface area contributed by atoms with E-state index in [4.69, 9.17) is 4.74 Å². The highest BCUT2D eigenvalue weighted by atomic mass is 32.2. The van der Waals surface area contributed by atoms with Crippen LogP contribution in [-0.4, -0.2) is 30.4 Å². The largest absolute Gasteiger partial charge is 0.497 e. The van der Waals surface area contributed by atoms with E-state index in [1.165, 1.54) is 6.07 Å². The monoisotopic (exact) mass is 366 g/mol. The second kappa shape index (κ2) is 9.03. The standard InChI is InChI=1S/C17H16F2N2O3S/c1-24-13-5-2-11(3-6-13)20-16(22)9-25-10-17(23)21-12-4-7-14(18)15(19)8-12/h2-8H,9-10H2,1H3,(H,20,22)(H,21,23). The van der Waals surface area contributed by atoms with E-state index in [1.807, 2.05) is 0 Å². The summed E-state index contributed by atoms with van der Waals surface area (Å²) in [5, 5.41) is 5.13. The molecule has 2 N–H and O–H groups in total. The topological polar surface area (TPSA) is 67.4 Å². The van der Waals surface area contributed by atoms with Gasteiger partial charge in [-0.05, 0) is 36.4 Å². The molecule has 0 unspecified atom stereocenters. The lowest BCUT2D eigenvalue weighted by molar-refractivity contribution is -0.114. The van der Waals surface area contributed by atoms with E-state index >= 15 is 0 Å². The van der Waals surface area contributed by atoms with Crippen molar-refractivity contribution in [1.82, 2.24) is 0 Å². The van der Waals surface area contributed by atoms with Crippen LogP contribution in [0.2, 0.25) is 0 Å². The number of amides is 2. The molecule has 0 bridgehead atoms. The van der Waals surface area contributed by atoms with Crippen molar-refractivity contribution in [2.75, 3.05) is 29.2 Å². The first-order valence-corrected chi connectivity index (χ1v) is 8.40. The number of carbonyl (C=O) groups is 2. The molecule has 2 amide bonds. The van der Waals surface area contributed by atoms with Gasteiger partial charge in [0.25, 0.3) is 0 Å². The Morgan fingerprint density at radius 2 is 1.48 bits per heavy atom. The predicted octanol–water partition coefficient (Wildman–Crippen LogP) is 3.28. The Labute approximate surface area is 147 Å². The van der Waals surface area contributed by atoms with Gasteiger partial charge in [-0.3, -0.25) is 9.59 Å². The molecule has 0 spiro atoms. The smallest absolute Gasteiger partial charge is 0.234 e. The molecule has 2 aromatic rings. The number of nitrogens with one attached hydrogen (secondary N) is 2. The van der Waals surface area contributed by atoms with Crippen LogP contribution in [0.5, 0.6) is 5.75 Å². The van der Waals surface area contributed by atoms with Crippen molar-refractivity contribution in [2.24, 2.45) is 0 Å². The minimum atomic E-state index is -1.04. The Morgan fingerprint density at radius 3 is 2.04 bits per heavy atom. The van der Waals surface area contributed by atoms with Gasteiger partial charge in [-0.25, -0.2) is 8.78 Å². The minimum absolute atomic E-state index is 0.00896. The minimum Gasteiger partial charge on any atom is -0.497 e. The molecule has 0 atom stereocenters. The van der Waals surface area contributed by atoms with Crippen LogP contribution in [0.25, 0.3) is 0 Å². The fourth-order valence-corrected chi connectivity index (χ4v) is 2.50. The molecule has 0 aliphatic rings. The summed E-state index contributed by atoms with van der Waals surface area (Å²) in [6, 6.07) is 9.94. The first-order valence-electron chi connectivity index (χ1n) is 7.24. The Morgan fingerprint density at radius 1 is 0.920 bits per heavy atom. The van der Waals surface area contributed by atoms with Gasteiger partial charge in [0.05, 0.1) is 18.6 Å². The molecule has 0 aromatic heterocycles. The number of thioether (sulfide) groups is 1. The average Bonchev–Trinajstić information content (AvgIpc) is 2.59. The zero-order valence-electron chi connectivity index (χ0n) is 13.3. The number of halogens is 2. The van der Waals surface area contributed by atoms with Gasteiger partial charge >= 0.3 is 0 Å². The van der Waals surface area contributed by atoms with Crippen LogP contribution in [0.1, 0.15) is 0 Å². The van der Waals surface area contributed by atoms with Gasteiger partial charge < -0.3 is 15.4 Å². The van der Waals surface area contributed by atoms with Crippen LogP contribution >= 0.6 is 11.8 Å². The molecule has 2 rings (SSSR count). The van der Waals surface area contributed by atoms with Gasteiger partial charge in [-0.15, -0.1) is 11.8 Å². The van der Waals surface area contributed by atoms with Crippen LogP contribution in [0.15, 0.2) is 42.5 Å². The molecular weight excluding hydrogens is 350 g/mol. The van der Waals surface area contributed by atoms with E-state index in [9.17, 15) is 18.4 Å². The Hall–Kier alpha value is -2.61. The van der Waals surface area contributed by atoms with Crippen molar-refractivity contribution in [2.45, 2.75) is 0 Å². The third kappa shape index (κ3) is 6.07. The highest BCUT2D eigenvalue weighted by Crippen LogP contribution is 2.16. The molecule has 0 radical (unpaired) electrons. The Balaban J connectivity index is 1.72. The van der Waals surface area contributed by atoms with Gasteiger partial charge in [0.15, 0.2) is 11.6 Å². The third-order valence-corrected chi connectivity index (χ3v) is 3.98. The SMILES string of the molecule is COc1ccc(NC(=O)CSCC(=O)Nc2ccc(F)c(F)c2)cc1. The first-order chi connectivity index (χ1) is 12.0. The molecule has 0 aliphatic carbocycles. The van der Waals surface area contributed by atoms with E-state index in [0.29, 0.717) is 11.4 Å². The Kier molecular flexibility index (Phi) is 6.76. The summed E-state index contributed by atoms with van der Waals surface area (Å²) in [6.45, 7) is 0. The lowest BCUT2D eigenvalue weighted by Gasteiger charge is -2.07. The number of carbonyl (C=O) groups excluding carboxylic acids is 2. The third-order valence-electron chi connectivity index (χ3n) is 3.04. The molecule has 0 heterocycles. The summed E-state index contributed by atoms with van der Waals surface area (Å²) >= 11 is 1.11. The molecule has 0 saturated carbocycles. The van der Waals surface area contributed by atoms with Gasteiger partial charge in [-0.1, -0.05) is 0 Å². The van der Waals surface area contributed by atoms with E-state index in [0.717, 1.165) is 23.9 Å². The van der Waals surface area contributed by atoms with E-state index in [-0.39, 0.29) is 23.1 Å². The van der Waals surface area contributed by atoms with E-state index < -0.39 is 17.5 Å². The summed E-state index contributed by atoms with van der Waals surface area (Å²) in [5.41, 5.74) is 0.782. The van der Waals surface area contributed by atoms with Gasteiger partial charge in [0, 0.05) is 17.4 Å². The molecule has 0 aliphatic heterocycles. The van der Waals surface area contributed by atoms with Crippen molar-refractivity contribution < 1.29 is 23.1 Å². The maximum atomic E-state index is 13.0. The summed E-state index contributed by atoms with van der Waals surface area (Å²) in [6.07, 6.45) is 0. The molecule has 5 nitrogen and oxygen atoms in total. The quantitative estimate of drug-likeness (QED) is 0.789. The van der Waals surface area contributed by atoms with Crippen LogP contribution in [0.4, 0.5) is 20.2 Å². The van der Waals surface area contributed by atoms with E-state index in [1.54, 1.807) is 31.4 Å².